The number of nitrogens with zero attached hydrogens (tertiary/aromatic N) is 2. The van der Waals surface area contributed by atoms with Gasteiger partial charge >= 0.3 is 12.1 Å². The van der Waals surface area contributed by atoms with Gasteiger partial charge in [-0.1, -0.05) is 19.4 Å². The highest BCUT2D eigenvalue weighted by Gasteiger charge is 2.59. The molecule has 3 fully saturated rings. The number of hydrogen-bond donors (Lipinski definition) is 4. The predicted octanol–water partition coefficient (Wildman–Crippen LogP) is 3.63. The average Bonchev–Trinajstić information content (AvgIpc) is 3.07. The van der Waals surface area contributed by atoms with Crippen LogP contribution < -0.4 is 22.3 Å². The first-order valence-corrected chi connectivity index (χ1v) is 11.6. The molecule has 0 aliphatic heterocycles. The van der Waals surface area contributed by atoms with Gasteiger partial charge in [0.25, 0.3) is 0 Å². The van der Waals surface area contributed by atoms with Crippen molar-refractivity contribution in [2.75, 3.05) is 0 Å². The van der Waals surface area contributed by atoms with Gasteiger partial charge in [0, 0.05) is 11.6 Å². The Labute approximate surface area is 184 Å². The zero-order valence-corrected chi connectivity index (χ0v) is 18.9. The van der Waals surface area contributed by atoms with Crippen molar-refractivity contribution in [1.82, 2.24) is 10.9 Å². The Morgan fingerprint density at radius 1 is 1.00 bits per heavy atom. The fourth-order valence-corrected chi connectivity index (χ4v) is 7.69. The summed E-state index contributed by atoms with van der Waals surface area (Å²) in [5.41, 5.74) is 19.1. The number of nitrogens with two attached hydrogens (primary N) is 2. The molecule has 0 radical (unpaired) electrons. The molecule has 0 unspecified atom stereocenters. The van der Waals surface area contributed by atoms with Crippen molar-refractivity contribution in [1.29, 1.82) is 0 Å². The van der Waals surface area contributed by atoms with Gasteiger partial charge in [-0.15, -0.1) is 0 Å². The van der Waals surface area contributed by atoms with E-state index in [-0.39, 0.29) is 10.8 Å². The summed E-state index contributed by atoms with van der Waals surface area (Å²) in [6.45, 7) is 6.93. The number of hydrazone groups is 2. The lowest BCUT2D eigenvalue weighted by Gasteiger charge is -2.58. The van der Waals surface area contributed by atoms with Gasteiger partial charge in [0.05, 0.1) is 5.71 Å². The number of nitrogens with one attached hydrogen (secondary N) is 2. The highest BCUT2D eigenvalue weighted by Crippen LogP contribution is 2.66. The van der Waals surface area contributed by atoms with Crippen molar-refractivity contribution in [3.63, 3.8) is 0 Å². The molecule has 8 nitrogen and oxygen atoms in total. The minimum atomic E-state index is -0.616. The van der Waals surface area contributed by atoms with Crippen LogP contribution in [0.5, 0.6) is 0 Å². The van der Waals surface area contributed by atoms with Gasteiger partial charge in [0.2, 0.25) is 0 Å². The third-order valence-corrected chi connectivity index (χ3v) is 9.13. The van der Waals surface area contributed by atoms with E-state index in [2.05, 4.69) is 41.0 Å². The topological polar surface area (TPSA) is 135 Å². The van der Waals surface area contributed by atoms with Gasteiger partial charge in [-0.25, -0.2) is 20.4 Å². The van der Waals surface area contributed by atoms with Crippen LogP contribution in [-0.2, 0) is 0 Å². The molecule has 31 heavy (non-hydrogen) atoms. The quantitative estimate of drug-likeness (QED) is 0.403. The maximum absolute atomic E-state index is 11.1. The van der Waals surface area contributed by atoms with E-state index >= 15 is 0 Å². The summed E-state index contributed by atoms with van der Waals surface area (Å²) >= 11 is 0. The molecule has 4 amide bonds. The minimum Gasteiger partial charge on any atom is -0.350 e. The van der Waals surface area contributed by atoms with E-state index in [1.165, 1.54) is 31.3 Å². The molecule has 0 spiro atoms. The smallest absolute Gasteiger partial charge is 0.332 e. The minimum absolute atomic E-state index is 0.213. The summed E-state index contributed by atoms with van der Waals surface area (Å²) in [7, 11) is 0. The molecule has 0 heterocycles. The van der Waals surface area contributed by atoms with Crippen LogP contribution in [-0.4, -0.2) is 23.5 Å². The summed E-state index contributed by atoms with van der Waals surface area (Å²) in [5.74, 6) is 2.51. The van der Waals surface area contributed by atoms with Crippen LogP contribution in [0.3, 0.4) is 0 Å². The van der Waals surface area contributed by atoms with Crippen LogP contribution in [0.25, 0.3) is 0 Å². The molecule has 6 N–H and O–H groups in total. The van der Waals surface area contributed by atoms with E-state index in [1.807, 2.05) is 6.92 Å². The molecule has 4 aliphatic rings. The number of primary amides is 2. The maximum Gasteiger partial charge on any atom is 0.332 e. The third-order valence-electron chi connectivity index (χ3n) is 9.13. The fourth-order valence-electron chi connectivity index (χ4n) is 7.69. The van der Waals surface area contributed by atoms with Gasteiger partial charge in [0.15, 0.2) is 0 Å². The number of carbonyl (C=O) groups excluding carboxylic acids is 2. The number of amides is 4. The Kier molecular flexibility index (Phi) is 5.60. The molecule has 4 aliphatic carbocycles. The van der Waals surface area contributed by atoms with E-state index < -0.39 is 12.1 Å². The van der Waals surface area contributed by atoms with Crippen LogP contribution in [0.2, 0.25) is 0 Å². The van der Waals surface area contributed by atoms with Crippen molar-refractivity contribution in [2.45, 2.75) is 72.1 Å². The molecule has 0 bridgehead atoms. The zero-order chi connectivity index (χ0) is 22.4. The van der Waals surface area contributed by atoms with Crippen molar-refractivity contribution < 1.29 is 9.59 Å². The standard InChI is InChI=1S/C23H36N6O2/c1-13(26-28-20(24)30)17-6-7-18-16-5-4-14-12-15(27-29-21(25)31)8-10-22(14,2)19(16)9-11-23(17,18)3/h12,16-19H,4-11H2,1-3H3,(H3,24,28,30)(H3,25,29,31)/b26-13?,27-15-/t16-,17+,18-,19-,22-,23-/m1/s1. The first-order chi connectivity index (χ1) is 14.6. The van der Waals surface area contributed by atoms with Crippen LogP contribution in [0.4, 0.5) is 9.59 Å². The lowest BCUT2D eigenvalue weighted by Crippen LogP contribution is -2.51. The fraction of sp³-hybridized carbons (Fsp3) is 0.739. The van der Waals surface area contributed by atoms with Crippen LogP contribution in [0.15, 0.2) is 21.9 Å². The van der Waals surface area contributed by atoms with E-state index in [4.69, 9.17) is 11.5 Å². The summed E-state index contributed by atoms with van der Waals surface area (Å²) in [6, 6.07) is -1.22. The van der Waals surface area contributed by atoms with Crippen LogP contribution >= 0.6 is 0 Å². The van der Waals surface area contributed by atoms with Crippen LogP contribution in [0.1, 0.15) is 72.1 Å². The predicted molar refractivity (Wildman–Crippen MR) is 121 cm³/mol. The lowest BCUT2D eigenvalue weighted by atomic mass is 9.46. The average molecular weight is 429 g/mol. The summed E-state index contributed by atoms with van der Waals surface area (Å²) in [5, 5.41) is 8.49. The highest BCUT2D eigenvalue weighted by atomic mass is 16.2. The Morgan fingerprint density at radius 2 is 1.74 bits per heavy atom. The molecule has 3 saturated carbocycles. The normalized spacial score (nSPS) is 40.9. The zero-order valence-electron chi connectivity index (χ0n) is 18.9. The molecule has 170 valence electrons. The molecule has 4 rings (SSSR count). The Balaban J connectivity index is 1.55. The number of allylic oxidation sites excluding steroid dienone is 2. The molecule has 0 aromatic carbocycles. The van der Waals surface area contributed by atoms with Gasteiger partial charge in [-0.05, 0) is 93.0 Å². The highest BCUT2D eigenvalue weighted by molar-refractivity contribution is 5.97. The van der Waals surface area contributed by atoms with Gasteiger partial charge in [-0.3, -0.25) is 0 Å². The third kappa shape index (κ3) is 3.74. The second-order valence-electron chi connectivity index (χ2n) is 10.5. The number of rotatable bonds is 3. The van der Waals surface area contributed by atoms with Crippen molar-refractivity contribution in [2.24, 2.45) is 56.2 Å². The molecule has 0 aromatic heterocycles. The van der Waals surface area contributed by atoms with E-state index in [0.717, 1.165) is 43.0 Å². The van der Waals surface area contributed by atoms with E-state index in [0.29, 0.717) is 17.8 Å². The Hall–Kier alpha value is -2.38. The van der Waals surface area contributed by atoms with Crippen molar-refractivity contribution >= 4 is 23.5 Å². The second kappa shape index (κ2) is 7.95. The Bertz CT molecular complexity index is 864. The SMILES string of the molecule is CC(=NNC(N)=O)[C@@H]1CC[C@@H]2[C@H]3CCC4=C/C(=N\NC(N)=O)CC[C@@]4(C)[C@@H]3CC[C@@]21C. The molecule has 8 heteroatoms. The number of urea groups is 2. The monoisotopic (exact) mass is 428 g/mol. The first-order valence-electron chi connectivity index (χ1n) is 11.6. The van der Waals surface area contributed by atoms with Crippen molar-refractivity contribution in [3.8, 4) is 0 Å². The molecule has 6 atom stereocenters. The largest absolute Gasteiger partial charge is 0.350 e. The first kappa shape index (κ1) is 21.8. The summed E-state index contributed by atoms with van der Waals surface area (Å²) in [6.07, 6.45) is 11.3. The summed E-state index contributed by atoms with van der Waals surface area (Å²) in [4.78, 5) is 22.1. The Morgan fingerprint density at radius 3 is 2.45 bits per heavy atom. The maximum atomic E-state index is 11.1. The molecule has 0 aromatic rings. The molecular weight excluding hydrogens is 392 g/mol. The molecular formula is C23H36N6O2. The van der Waals surface area contributed by atoms with E-state index in [1.54, 1.807) is 0 Å². The van der Waals surface area contributed by atoms with Crippen molar-refractivity contribution in [3.05, 3.63) is 11.6 Å². The second-order valence-corrected chi connectivity index (χ2v) is 10.5. The number of fused-ring (bicyclic) bond motifs is 5. The number of carbonyl (C=O) groups is 2. The lowest BCUT2D eigenvalue weighted by molar-refractivity contribution is -0.0407. The van der Waals surface area contributed by atoms with Gasteiger partial charge in [-0.2, -0.15) is 10.2 Å². The van der Waals surface area contributed by atoms with Crippen LogP contribution in [0, 0.1) is 34.5 Å². The van der Waals surface area contributed by atoms with Gasteiger partial charge in [0.1, 0.15) is 0 Å². The molecule has 0 saturated heterocycles. The van der Waals surface area contributed by atoms with E-state index in [9.17, 15) is 9.59 Å². The summed E-state index contributed by atoms with van der Waals surface area (Å²) < 4.78 is 0. The number of hydrogen-bond acceptors (Lipinski definition) is 4. The van der Waals surface area contributed by atoms with Gasteiger partial charge < -0.3 is 11.5 Å².